The molecular weight excluding hydrogens is 220 g/mol. The molecule has 0 bridgehead atoms. The molecular formula is C11H18N4O2. The number of nitrogen functional groups attached to an aromatic ring is 1. The fourth-order valence-electron chi connectivity index (χ4n) is 1.38. The first-order chi connectivity index (χ1) is 8.19. The third kappa shape index (κ3) is 3.93. The number of carbonyl (C=O) groups is 1. The highest BCUT2D eigenvalue weighted by molar-refractivity contribution is 6.00. The average molecular weight is 238 g/mol. The molecule has 0 saturated carbocycles. The van der Waals surface area contributed by atoms with Crippen LogP contribution >= 0.6 is 0 Å². The maximum atomic E-state index is 11.8. The second-order valence-corrected chi connectivity index (χ2v) is 3.50. The van der Waals surface area contributed by atoms with Gasteiger partial charge in [0.2, 0.25) is 0 Å². The number of amides is 1. The smallest absolute Gasteiger partial charge is 0.253 e. The van der Waals surface area contributed by atoms with Gasteiger partial charge in [-0.05, 0) is 18.2 Å². The van der Waals surface area contributed by atoms with Gasteiger partial charge in [-0.3, -0.25) is 4.79 Å². The third-order valence-corrected chi connectivity index (χ3v) is 2.15. The lowest BCUT2D eigenvalue weighted by Gasteiger charge is -2.12. The van der Waals surface area contributed by atoms with E-state index < -0.39 is 0 Å². The van der Waals surface area contributed by atoms with Crippen molar-refractivity contribution in [1.82, 2.24) is 5.32 Å². The molecule has 0 saturated heterocycles. The van der Waals surface area contributed by atoms with Crippen LogP contribution < -0.4 is 22.1 Å². The fourth-order valence-corrected chi connectivity index (χ4v) is 1.38. The van der Waals surface area contributed by atoms with Crippen LogP contribution in [0.3, 0.4) is 0 Å². The molecule has 6 nitrogen and oxygen atoms in total. The number of hydrogen-bond acceptors (Lipinski definition) is 5. The minimum absolute atomic E-state index is 0.00572. The van der Waals surface area contributed by atoms with Gasteiger partial charge < -0.3 is 27.2 Å². The second-order valence-electron chi connectivity index (χ2n) is 3.50. The van der Waals surface area contributed by atoms with Gasteiger partial charge in [0.1, 0.15) is 0 Å². The minimum atomic E-state index is -0.233. The molecule has 0 radical (unpaired) electrons. The van der Waals surface area contributed by atoms with Gasteiger partial charge in [0.05, 0.1) is 12.2 Å². The highest BCUT2D eigenvalue weighted by Gasteiger charge is 2.10. The number of aliphatic hydroxyl groups is 1. The topological polar surface area (TPSA) is 113 Å². The lowest BCUT2D eigenvalue weighted by Crippen LogP contribution is -2.29. The van der Waals surface area contributed by atoms with Crippen molar-refractivity contribution in [3.8, 4) is 0 Å². The summed E-state index contributed by atoms with van der Waals surface area (Å²) in [4.78, 5) is 11.8. The molecule has 0 aliphatic rings. The molecule has 0 aromatic heterocycles. The van der Waals surface area contributed by atoms with E-state index in [2.05, 4.69) is 10.6 Å². The highest BCUT2D eigenvalue weighted by atomic mass is 16.3. The monoisotopic (exact) mass is 238 g/mol. The molecule has 17 heavy (non-hydrogen) atoms. The summed E-state index contributed by atoms with van der Waals surface area (Å²) in [5, 5.41) is 14.4. The zero-order valence-electron chi connectivity index (χ0n) is 9.57. The fraction of sp³-hybridized carbons (Fsp3) is 0.364. The quantitative estimate of drug-likeness (QED) is 0.423. The molecule has 1 rings (SSSR count). The van der Waals surface area contributed by atoms with Gasteiger partial charge in [0.25, 0.3) is 5.91 Å². The lowest BCUT2D eigenvalue weighted by atomic mass is 10.1. The van der Waals surface area contributed by atoms with Crippen LogP contribution in [0.2, 0.25) is 0 Å². The Morgan fingerprint density at radius 3 is 2.76 bits per heavy atom. The van der Waals surface area contributed by atoms with Crippen molar-refractivity contribution < 1.29 is 9.90 Å². The number of nitrogens with one attached hydrogen (secondary N) is 2. The summed E-state index contributed by atoms with van der Waals surface area (Å²) in [5.41, 5.74) is 12.6. The molecule has 1 aromatic carbocycles. The first-order valence-electron chi connectivity index (χ1n) is 5.41. The molecule has 6 heteroatoms. The number of rotatable bonds is 6. The van der Waals surface area contributed by atoms with E-state index in [-0.39, 0.29) is 12.5 Å². The molecule has 0 spiro atoms. The van der Waals surface area contributed by atoms with E-state index in [1.165, 1.54) is 0 Å². The van der Waals surface area contributed by atoms with Crippen LogP contribution in [0.4, 0.5) is 11.4 Å². The van der Waals surface area contributed by atoms with Crippen molar-refractivity contribution in [2.45, 2.75) is 0 Å². The van der Waals surface area contributed by atoms with Crippen LogP contribution in [0.1, 0.15) is 10.4 Å². The van der Waals surface area contributed by atoms with E-state index in [1.807, 2.05) is 0 Å². The molecule has 94 valence electrons. The normalized spacial score (nSPS) is 10.0. The molecule has 0 unspecified atom stereocenters. The number of benzene rings is 1. The van der Waals surface area contributed by atoms with Crippen molar-refractivity contribution in [1.29, 1.82) is 0 Å². The summed E-state index contributed by atoms with van der Waals surface area (Å²) < 4.78 is 0. The molecule has 7 N–H and O–H groups in total. The van der Waals surface area contributed by atoms with E-state index in [1.54, 1.807) is 18.2 Å². The maximum Gasteiger partial charge on any atom is 0.253 e. The zero-order valence-corrected chi connectivity index (χ0v) is 9.57. The summed E-state index contributed by atoms with van der Waals surface area (Å²) in [5.74, 6) is -0.233. The van der Waals surface area contributed by atoms with E-state index >= 15 is 0 Å². The molecule has 0 aliphatic carbocycles. The average Bonchev–Trinajstić information content (AvgIpc) is 2.34. The lowest BCUT2D eigenvalue weighted by molar-refractivity contribution is 0.0955. The SMILES string of the molecule is NCCNC(=O)c1cc(N)ccc1NCCO. The Morgan fingerprint density at radius 1 is 1.35 bits per heavy atom. The Labute approximate surface area is 100.0 Å². The Balaban J connectivity index is 2.85. The van der Waals surface area contributed by atoms with E-state index in [4.69, 9.17) is 16.6 Å². The summed E-state index contributed by atoms with van der Waals surface area (Å²) in [6.07, 6.45) is 0. The minimum Gasteiger partial charge on any atom is -0.399 e. The Kier molecular flexibility index (Phi) is 5.25. The highest BCUT2D eigenvalue weighted by Crippen LogP contribution is 2.18. The summed E-state index contributed by atoms with van der Waals surface area (Å²) >= 11 is 0. The van der Waals surface area contributed by atoms with Crippen LogP contribution in [0.25, 0.3) is 0 Å². The second kappa shape index (κ2) is 6.72. The van der Waals surface area contributed by atoms with Gasteiger partial charge >= 0.3 is 0 Å². The van der Waals surface area contributed by atoms with Gasteiger partial charge in [0, 0.05) is 31.0 Å². The number of aliphatic hydroxyl groups excluding tert-OH is 1. The standard InChI is InChI=1S/C11H18N4O2/c12-3-4-15-11(17)9-7-8(13)1-2-10(9)14-5-6-16/h1-2,7,14,16H,3-6,12-13H2,(H,15,17). The first kappa shape index (κ1) is 13.3. The van der Waals surface area contributed by atoms with Gasteiger partial charge in [-0.25, -0.2) is 0 Å². The van der Waals surface area contributed by atoms with Crippen molar-refractivity contribution in [3.63, 3.8) is 0 Å². The first-order valence-corrected chi connectivity index (χ1v) is 5.41. The Bertz CT molecular complexity index is 382. The van der Waals surface area contributed by atoms with Crippen LogP contribution in [0.15, 0.2) is 18.2 Å². The van der Waals surface area contributed by atoms with Crippen molar-refractivity contribution in [3.05, 3.63) is 23.8 Å². The summed E-state index contributed by atoms with van der Waals surface area (Å²) in [6, 6.07) is 4.99. The molecule has 0 aliphatic heterocycles. The summed E-state index contributed by atoms with van der Waals surface area (Å²) in [7, 11) is 0. The van der Waals surface area contributed by atoms with Crippen molar-refractivity contribution in [2.24, 2.45) is 5.73 Å². The molecule has 1 aromatic rings. The zero-order chi connectivity index (χ0) is 12.7. The number of nitrogens with two attached hydrogens (primary N) is 2. The van der Waals surface area contributed by atoms with Gasteiger partial charge in [0.15, 0.2) is 0 Å². The van der Waals surface area contributed by atoms with Crippen LogP contribution in [-0.2, 0) is 0 Å². The Hall–Kier alpha value is -1.79. The van der Waals surface area contributed by atoms with E-state index in [9.17, 15) is 4.79 Å². The van der Waals surface area contributed by atoms with Gasteiger partial charge in [-0.1, -0.05) is 0 Å². The maximum absolute atomic E-state index is 11.8. The number of carbonyl (C=O) groups excluding carboxylic acids is 1. The van der Waals surface area contributed by atoms with Crippen LogP contribution in [0.5, 0.6) is 0 Å². The molecule has 0 fully saturated rings. The number of hydrogen-bond donors (Lipinski definition) is 5. The predicted molar refractivity (Wildman–Crippen MR) is 67.8 cm³/mol. The van der Waals surface area contributed by atoms with E-state index in [0.29, 0.717) is 36.6 Å². The van der Waals surface area contributed by atoms with Crippen LogP contribution in [-0.4, -0.2) is 37.3 Å². The largest absolute Gasteiger partial charge is 0.399 e. The predicted octanol–water partition coefficient (Wildman–Crippen LogP) is -0.638. The van der Waals surface area contributed by atoms with Crippen molar-refractivity contribution in [2.75, 3.05) is 37.3 Å². The van der Waals surface area contributed by atoms with E-state index in [0.717, 1.165) is 0 Å². The number of anilines is 2. The summed E-state index contributed by atoms with van der Waals surface area (Å²) in [6.45, 7) is 1.16. The van der Waals surface area contributed by atoms with Crippen molar-refractivity contribution >= 4 is 17.3 Å². The van der Waals surface area contributed by atoms with Crippen LogP contribution in [0, 0.1) is 0 Å². The van der Waals surface area contributed by atoms with Gasteiger partial charge in [-0.2, -0.15) is 0 Å². The Morgan fingerprint density at radius 2 is 2.12 bits per heavy atom. The molecule has 0 heterocycles. The van der Waals surface area contributed by atoms with Gasteiger partial charge in [-0.15, -0.1) is 0 Å². The third-order valence-electron chi connectivity index (χ3n) is 2.15. The molecule has 0 atom stereocenters. The molecule has 1 amide bonds.